The highest BCUT2D eigenvalue weighted by Gasteiger charge is 2.23. The smallest absolute Gasteiger partial charge is 0.263 e. The Bertz CT molecular complexity index is 828. The normalized spacial score (nSPS) is 16.2. The molecule has 1 aromatic heterocycles. The number of aromatic nitrogens is 2. The first-order chi connectivity index (χ1) is 10.9. The topological polar surface area (TPSA) is 46.9 Å². The summed E-state index contributed by atoms with van der Waals surface area (Å²) in [5.74, 6) is -0.207. The van der Waals surface area contributed by atoms with Gasteiger partial charge in [-0.2, -0.15) is 5.10 Å². The van der Waals surface area contributed by atoms with E-state index in [0.717, 1.165) is 16.8 Å². The van der Waals surface area contributed by atoms with E-state index in [-0.39, 0.29) is 5.91 Å². The van der Waals surface area contributed by atoms with E-state index in [0.29, 0.717) is 25.9 Å². The number of carbonyl (C=O) groups is 1. The van der Waals surface area contributed by atoms with E-state index in [1.807, 2.05) is 31.2 Å². The zero-order valence-corrected chi connectivity index (χ0v) is 15.1. The van der Waals surface area contributed by atoms with Crippen LogP contribution >= 0.6 is 47.2 Å². The maximum atomic E-state index is 11.8. The third-order valence-corrected chi connectivity index (χ3v) is 5.09. The Morgan fingerprint density at radius 1 is 1.35 bits per heavy atom. The van der Waals surface area contributed by atoms with Gasteiger partial charge < -0.3 is 5.32 Å². The number of aryl methyl sites for hydroxylation is 1. The molecule has 1 amide bonds. The van der Waals surface area contributed by atoms with Gasteiger partial charge in [-0.3, -0.25) is 4.79 Å². The van der Waals surface area contributed by atoms with Crippen LogP contribution in [0.3, 0.4) is 0 Å². The standard InChI is InChI=1S/C15H11Cl2N3OS2/c1-8-11(6-12-14(21)18-15(22)23-12)13(17)20(19-8)7-9-2-4-10(16)5-3-9/h2-6H,7H2,1H3,(H,18,21,22). The Balaban J connectivity index is 1.90. The van der Waals surface area contributed by atoms with E-state index in [1.165, 1.54) is 11.8 Å². The fraction of sp³-hybridized carbons (Fsp3) is 0.133. The number of rotatable bonds is 3. The van der Waals surface area contributed by atoms with Gasteiger partial charge in [0.15, 0.2) is 0 Å². The van der Waals surface area contributed by atoms with E-state index in [2.05, 4.69) is 10.4 Å². The molecular formula is C15H11Cl2N3OS2. The number of hydrogen-bond donors (Lipinski definition) is 1. The molecule has 1 aromatic carbocycles. The van der Waals surface area contributed by atoms with E-state index in [1.54, 1.807) is 10.8 Å². The lowest BCUT2D eigenvalue weighted by Gasteiger charge is -2.04. The molecule has 0 radical (unpaired) electrons. The van der Waals surface area contributed by atoms with Crippen molar-refractivity contribution in [3.05, 3.63) is 56.2 Å². The number of hydrogen-bond acceptors (Lipinski definition) is 4. The molecule has 1 aliphatic heterocycles. The average molecular weight is 384 g/mol. The van der Waals surface area contributed by atoms with Gasteiger partial charge in [-0.25, -0.2) is 4.68 Å². The van der Waals surface area contributed by atoms with Crippen LogP contribution in [0.15, 0.2) is 29.2 Å². The van der Waals surface area contributed by atoms with Crippen LogP contribution in [0.25, 0.3) is 6.08 Å². The van der Waals surface area contributed by atoms with Gasteiger partial charge >= 0.3 is 0 Å². The van der Waals surface area contributed by atoms with Crippen molar-refractivity contribution in [2.45, 2.75) is 13.5 Å². The highest BCUT2D eigenvalue weighted by molar-refractivity contribution is 8.26. The molecule has 0 saturated carbocycles. The van der Waals surface area contributed by atoms with Gasteiger partial charge in [0.05, 0.1) is 17.1 Å². The summed E-state index contributed by atoms with van der Waals surface area (Å²) in [6, 6.07) is 7.49. The highest BCUT2D eigenvalue weighted by Crippen LogP contribution is 2.30. The summed E-state index contributed by atoms with van der Waals surface area (Å²) in [5, 5.41) is 8.19. The zero-order valence-electron chi connectivity index (χ0n) is 12.0. The van der Waals surface area contributed by atoms with Gasteiger partial charge in [-0.05, 0) is 30.7 Å². The molecule has 3 rings (SSSR count). The van der Waals surface area contributed by atoms with E-state index in [9.17, 15) is 4.79 Å². The van der Waals surface area contributed by atoms with Crippen LogP contribution in [-0.2, 0) is 11.3 Å². The lowest BCUT2D eigenvalue weighted by Crippen LogP contribution is -2.17. The fourth-order valence-electron chi connectivity index (χ4n) is 2.15. The first kappa shape index (κ1) is 16.5. The third kappa shape index (κ3) is 3.61. The molecule has 0 unspecified atom stereocenters. The summed E-state index contributed by atoms with van der Waals surface area (Å²) in [6.07, 6.45) is 1.72. The molecule has 23 heavy (non-hydrogen) atoms. The summed E-state index contributed by atoms with van der Waals surface area (Å²) in [5.41, 5.74) is 2.51. The van der Waals surface area contributed by atoms with Crippen molar-refractivity contribution in [1.29, 1.82) is 0 Å². The van der Waals surface area contributed by atoms with Crippen molar-refractivity contribution in [2.24, 2.45) is 0 Å². The number of nitrogens with one attached hydrogen (secondary N) is 1. The summed E-state index contributed by atoms with van der Waals surface area (Å²) in [6.45, 7) is 2.38. The molecule has 2 heterocycles. The van der Waals surface area contributed by atoms with Crippen LogP contribution in [-0.4, -0.2) is 20.0 Å². The summed E-state index contributed by atoms with van der Waals surface area (Å²) >= 11 is 18.5. The third-order valence-electron chi connectivity index (χ3n) is 3.27. The predicted molar refractivity (Wildman–Crippen MR) is 98.8 cm³/mol. The Hall–Kier alpha value is -1.34. The van der Waals surface area contributed by atoms with Gasteiger partial charge in [0.25, 0.3) is 5.91 Å². The minimum atomic E-state index is -0.207. The molecule has 8 heteroatoms. The number of halogens is 2. The molecule has 4 nitrogen and oxygen atoms in total. The van der Waals surface area contributed by atoms with Crippen LogP contribution in [0, 0.1) is 6.92 Å². The quantitative estimate of drug-likeness (QED) is 0.641. The molecule has 1 fully saturated rings. The van der Waals surface area contributed by atoms with Gasteiger partial charge in [-0.15, -0.1) is 0 Å². The Labute approximate surface area is 152 Å². The number of nitrogens with zero attached hydrogens (tertiary/aromatic N) is 2. The number of thioether (sulfide) groups is 1. The maximum Gasteiger partial charge on any atom is 0.263 e. The maximum absolute atomic E-state index is 11.8. The lowest BCUT2D eigenvalue weighted by molar-refractivity contribution is -0.115. The van der Waals surface area contributed by atoms with E-state index in [4.69, 9.17) is 35.4 Å². The minimum Gasteiger partial charge on any atom is -0.307 e. The zero-order chi connectivity index (χ0) is 16.6. The second-order valence-electron chi connectivity index (χ2n) is 4.93. The summed E-state index contributed by atoms with van der Waals surface area (Å²) in [7, 11) is 0. The lowest BCUT2D eigenvalue weighted by atomic mass is 10.2. The van der Waals surface area contributed by atoms with Crippen molar-refractivity contribution in [3.8, 4) is 0 Å². The molecule has 118 valence electrons. The predicted octanol–water partition coefficient (Wildman–Crippen LogP) is 4.04. The highest BCUT2D eigenvalue weighted by atomic mass is 35.5. The molecule has 0 atom stereocenters. The molecule has 2 aromatic rings. The second-order valence-corrected chi connectivity index (χ2v) is 7.44. The van der Waals surface area contributed by atoms with Crippen molar-refractivity contribution in [1.82, 2.24) is 15.1 Å². The van der Waals surface area contributed by atoms with Crippen LogP contribution in [0.2, 0.25) is 10.2 Å². The van der Waals surface area contributed by atoms with Crippen molar-refractivity contribution in [2.75, 3.05) is 0 Å². The van der Waals surface area contributed by atoms with Crippen molar-refractivity contribution >= 4 is 63.5 Å². The molecule has 0 bridgehead atoms. The van der Waals surface area contributed by atoms with Crippen molar-refractivity contribution in [3.63, 3.8) is 0 Å². The van der Waals surface area contributed by atoms with Crippen LogP contribution in [0.1, 0.15) is 16.8 Å². The van der Waals surface area contributed by atoms with Gasteiger partial charge in [0.1, 0.15) is 9.47 Å². The summed E-state index contributed by atoms with van der Waals surface area (Å²) in [4.78, 5) is 12.3. The number of amides is 1. The summed E-state index contributed by atoms with van der Waals surface area (Å²) < 4.78 is 2.14. The number of benzene rings is 1. The van der Waals surface area contributed by atoms with E-state index >= 15 is 0 Å². The monoisotopic (exact) mass is 383 g/mol. The first-order valence-corrected chi connectivity index (χ1v) is 8.64. The molecule has 1 saturated heterocycles. The van der Waals surface area contributed by atoms with Gasteiger partial charge in [0.2, 0.25) is 0 Å². The Morgan fingerprint density at radius 2 is 2.04 bits per heavy atom. The first-order valence-electron chi connectivity index (χ1n) is 6.66. The average Bonchev–Trinajstić information content (AvgIpc) is 2.95. The SMILES string of the molecule is Cc1nn(Cc2ccc(Cl)cc2)c(Cl)c1C=C1SC(=S)NC1=O. The van der Waals surface area contributed by atoms with Crippen molar-refractivity contribution < 1.29 is 4.79 Å². The molecule has 0 spiro atoms. The largest absolute Gasteiger partial charge is 0.307 e. The van der Waals surface area contributed by atoms with E-state index < -0.39 is 0 Å². The minimum absolute atomic E-state index is 0.207. The Kier molecular flexibility index (Phi) is 4.77. The molecule has 1 N–H and O–H groups in total. The van der Waals surface area contributed by atoms with Crippen LogP contribution < -0.4 is 5.32 Å². The molecule has 0 aliphatic carbocycles. The fourth-order valence-corrected chi connectivity index (χ4v) is 3.59. The second kappa shape index (κ2) is 6.65. The van der Waals surface area contributed by atoms with Crippen LogP contribution in [0.5, 0.6) is 0 Å². The van der Waals surface area contributed by atoms with Gasteiger partial charge in [-0.1, -0.05) is 59.3 Å². The molecular weight excluding hydrogens is 373 g/mol. The Morgan fingerprint density at radius 3 is 2.65 bits per heavy atom. The van der Waals surface area contributed by atoms with Crippen LogP contribution in [0.4, 0.5) is 0 Å². The number of thiocarbonyl (C=S) groups is 1. The van der Waals surface area contributed by atoms with Gasteiger partial charge in [0, 0.05) is 10.6 Å². The number of carbonyl (C=O) groups excluding carboxylic acids is 1. The molecule has 1 aliphatic rings.